The molecule has 14 nitrogen and oxygen atoms in total. The fourth-order valence-corrected chi connectivity index (χ4v) is 14.2. The summed E-state index contributed by atoms with van der Waals surface area (Å²) in [6, 6.07) is 30.7. The summed E-state index contributed by atoms with van der Waals surface area (Å²) in [4.78, 5) is 20.4. The predicted octanol–water partition coefficient (Wildman–Crippen LogP) is 27.6. The minimum atomic E-state index is -0.0520. The number of hydrogen-bond acceptors (Lipinski definition) is 14. The Morgan fingerprint density at radius 3 is 0.676 bits per heavy atom. The molecule has 8 aromatic carbocycles. The summed E-state index contributed by atoms with van der Waals surface area (Å²) in [6.07, 6.45) is 54.3. The van der Waals surface area contributed by atoms with Crippen LogP contribution in [0.4, 0.5) is 22.7 Å². The zero-order valence-corrected chi connectivity index (χ0v) is 65.9. The lowest BCUT2D eigenvalue weighted by Gasteiger charge is -2.16. The third-order valence-corrected chi connectivity index (χ3v) is 20.7. The summed E-state index contributed by atoms with van der Waals surface area (Å²) in [5.74, 6) is 2.25. The normalized spacial score (nSPS) is 11.9. The Bertz CT molecular complexity index is 3830. The van der Waals surface area contributed by atoms with Gasteiger partial charge in [-0.3, -0.25) is 20.0 Å². The zero-order valence-electron chi connectivity index (χ0n) is 65.9. The van der Waals surface area contributed by atoms with E-state index in [0.29, 0.717) is 116 Å². The highest BCUT2D eigenvalue weighted by atomic mass is 16.5. The van der Waals surface area contributed by atoms with Crippen molar-refractivity contribution in [2.75, 3.05) is 26.4 Å². The number of unbranched alkanes of at least 4 members (excludes halogenated alkanes) is 36. The van der Waals surface area contributed by atoms with Crippen molar-refractivity contribution in [3.05, 3.63) is 131 Å². The van der Waals surface area contributed by atoms with Crippen LogP contribution in [0.1, 0.15) is 307 Å². The Morgan fingerprint density at radius 1 is 0.231 bits per heavy atom. The van der Waals surface area contributed by atoms with Gasteiger partial charge in [0.25, 0.3) is 0 Å². The van der Waals surface area contributed by atoms with E-state index in [-0.39, 0.29) is 34.5 Å². The molecule has 14 heteroatoms. The van der Waals surface area contributed by atoms with Crippen molar-refractivity contribution in [3.8, 4) is 57.5 Å². The molecule has 0 heterocycles. The first-order valence-corrected chi connectivity index (χ1v) is 41.9. The van der Waals surface area contributed by atoms with E-state index in [2.05, 4.69) is 27.7 Å². The van der Waals surface area contributed by atoms with Crippen LogP contribution >= 0.6 is 0 Å². The molecule has 0 aliphatic rings. The number of phenols is 6. The van der Waals surface area contributed by atoms with Crippen LogP contribution in [-0.4, -0.2) is 81.9 Å². The van der Waals surface area contributed by atoms with E-state index in [0.717, 1.165) is 87.8 Å². The maximum Gasteiger partial charge on any atom is 0.163 e. The standard InChI is InChI=1S/C94H128N4O10/c1-5-9-13-17-21-25-29-33-37-41-57-105-91-63-83(95-67-79-75-49-47-73(99)61-71(75)45-53-87(79)101)85(65-93(91)107-59-43-39-35-31-27-23-19-15-11-7-3)97-69-81-77-51-56-90(104)82(78(77)52-55-89(81)103)70-98-86-66-94(108-60-44-40-36-32-28-24-20-16-12-8-4)92(106-58-42-38-34-30-26-22-18-14-10-6-2)64-84(86)96-68-80-76-50-48-74(100)62-72(76)46-54-88(80)102/h45-56,61-70,99-104H,5-44,57-60H2,1-4H3. The Morgan fingerprint density at radius 2 is 0.435 bits per heavy atom. The van der Waals surface area contributed by atoms with Gasteiger partial charge in [0.2, 0.25) is 0 Å². The molecule has 8 rings (SSSR count). The maximum absolute atomic E-state index is 11.9. The number of hydrogen-bond donors (Lipinski definition) is 6. The Kier molecular flexibility index (Phi) is 38.7. The molecular weight excluding hydrogens is 1350 g/mol. The average molecular weight is 1470 g/mol. The van der Waals surface area contributed by atoms with Gasteiger partial charge in [0.05, 0.1) is 49.2 Å². The molecule has 0 bridgehead atoms. The summed E-state index contributed by atoms with van der Waals surface area (Å²) < 4.78 is 26.7. The number of phenolic OH excluding ortho intramolecular Hbond substituents is 6. The third kappa shape index (κ3) is 28.7. The molecule has 0 fully saturated rings. The number of nitrogens with zero attached hydrogens (tertiary/aromatic N) is 4. The highest BCUT2D eigenvalue weighted by Crippen LogP contribution is 2.44. The molecule has 584 valence electrons. The van der Waals surface area contributed by atoms with E-state index in [1.165, 1.54) is 180 Å². The van der Waals surface area contributed by atoms with Gasteiger partial charge in [0, 0.05) is 71.4 Å². The minimum absolute atomic E-state index is 0.0149. The summed E-state index contributed by atoms with van der Waals surface area (Å²) in [5.41, 5.74) is 3.33. The lowest BCUT2D eigenvalue weighted by molar-refractivity contribution is 0.258. The topological polar surface area (TPSA) is 208 Å². The van der Waals surface area contributed by atoms with Crippen LogP contribution in [0, 0.1) is 0 Å². The van der Waals surface area contributed by atoms with Crippen LogP contribution in [0.3, 0.4) is 0 Å². The minimum Gasteiger partial charge on any atom is -0.508 e. The largest absolute Gasteiger partial charge is 0.508 e. The van der Waals surface area contributed by atoms with E-state index >= 15 is 0 Å². The molecule has 0 aliphatic heterocycles. The highest BCUT2D eigenvalue weighted by Gasteiger charge is 2.19. The number of benzene rings is 8. The van der Waals surface area contributed by atoms with Crippen LogP contribution in [0.5, 0.6) is 57.5 Å². The van der Waals surface area contributed by atoms with Crippen LogP contribution in [0.2, 0.25) is 0 Å². The van der Waals surface area contributed by atoms with Crippen molar-refractivity contribution in [2.24, 2.45) is 20.0 Å². The average Bonchev–Trinajstić information content (AvgIpc) is 0.755. The van der Waals surface area contributed by atoms with E-state index < -0.39 is 0 Å². The molecule has 0 spiro atoms. The van der Waals surface area contributed by atoms with Crippen LogP contribution < -0.4 is 18.9 Å². The van der Waals surface area contributed by atoms with Crippen LogP contribution in [0.25, 0.3) is 32.3 Å². The molecule has 0 unspecified atom stereocenters. The van der Waals surface area contributed by atoms with Gasteiger partial charge in [-0.1, -0.05) is 271 Å². The maximum atomic E-state index is 11.9. The second kappa shape index (κ2) is 49.3. The molecule has 0 aromatic heterocycles. The van der Waals surface area contributed by atoms with Gasteiger partial charge in [0.1, 0.15) is 34.5 Å². The number of rotatable bonds is 56. The number of fused-ring (bicyclic) bond motifs is 3. The SMILES string of the molecule is CCCCCCCCCCCCOc1cc(N=Cc2c(O)ccc3cc(O)ccc23)c(N=Cc2c(O)ccc3c(C=Nc4cc(OCCCCCCCCCCCC)c(OCCCCCCCCCCCC)cc4N=Cc4c(O)ccc5cc(O)ccc45)c(O)ccc23)cc1OCCCCCCCCCCCC. The Hall–Kier alpha value is -8.78. The molecule has 6 N–H and O–H groups in total. The molecule has 0 radical (unpaired) electrons. The Balaban J connectivity index is 1.14. The Labute approximate surface area is 645 Å². The van der Waals surface area contributed by atoms with Gasteiger partial charge in [-0.15, -0.1) is 0 Å². The predicted molar refractivity (Wildman–Crippen MR) is 453 cm³/mol. The van der Waals surface area contributed by atoms with Gasteiger partial charge in [-0.05, 0) is 131 Å². The van der Waals surface area contributed by atoms with E-state index in [1.54, 1.807) is 110 Å². The smallest absolute Gasteiger partial charge is 0.163 e. The van der Waals surface area contributed by atoms with Crippen molar-refractivity contribution >= 4 is 79.9 Å². The number of aromatic hydroxyl groups is 6. The first-order valence-electron chi connectivity index (χ1n) is 41.9. The first kappa shape index (κ1) is 84.8. The van der Waals surface area contributed by atoms with Gasteiger partial charge in [-0.25, -0.2) is 0 Å². The van der Waals surface area contributed by atoms with Crippen LogP contribution in [0.15, 0.2) is 129 Å². The molecule has 0 aliphatic carbocycles. The van der Waals surface area contributed by atoms with Crippen molar-refractivity contribution in [3.63, 3.8) is 0 Å². The molecule has 0 amide bonds. The van der Waals surface area contributed by atoms with Gasteiger partial charge < -0.3 is 49.6 Å². The van der Waals surface area contributed by atoms with Crippen molar-refractivity contribution in [1.29, 1.82) is 0 Å². The van der Waals surface area contributed by atoms with Crippen molar-refractivity contribution in [1.82, 2.24) is 0 Å². The molecule has 0 atom stereocenters. The lowest BCUT2D eigenvalue weighted by atomic mass is 9.99. The van der Waals surface area contributed by atoms with Gasteiger partial charge >= 0.3 is 0 Å². The van der Waals surface area contributed by atoms with Crippen molar-refractivity contribution in [2.45, 2.75) is 285 Å². The van der Waals surface area contributed by atoms with Crippen LogP contribution in [-0.2, 0) is 0 Å². The van der Waals surface area contributed by atoms with Crippen molar-refractivity contribution < 1.29 is 49.6 Å². The lowest BCUT2D eigenvalue weighted by Crippen LogP contribution is -2.03. The van der Waals surface area contributed by atoms with E-state index in [1.807, 2.05) is 24.3 Å². The summed E-state index contributed by atoms with van der Waals surface area (Å²) in [7, 11) is 0. The molecule has 108 heavy (non-hydrogen) atoms. The zero-order chi connectivity index (χ0) is 76.2. The summed E-state index contributed by atoms with van der Waals surface area (Å²) >= 11 is 0. The van der Waals surface area contributed by atoms with E-state index in [9.17, 15) is 30.6 Å². The number of ether oxygens (including phenoxy) is 4. The summed E-state index contributed by atoms with van der Waals surface area (Å²) in [5, 5.41) is 71.4. The second-order valence-corrected chi connectivity index (χ2v) is 29.6. The van der Waals surface area contributed by atoms with Gasteiger partial charge in [0.15, 0.2) is 23.0 Å². The third-order valence-electron chi connectivity index (χ3n) is 20.7. The van der Waals surface area contributed by atoms with Gasteiger partial charge in [-0.2, -0.15) is 0 Å². The summed E-state index contributed by atoms with van der Waals surface area (Å²) in [6.45, 7) is 10.9. The highest BCUT2D eigenvalue weighted by molar-refractivity contribution is 6.11. The molecule has 0 saturated heterocycles. The number of aliphatic imine (C=N–C) groups is 4. The molecule has 8 aromatic rings. The van der Waals surface area contributed by atoms with E-state index in [4.69, 9.17) is 38.9 Å². The quantitative estimate of drug-likeness (QED) is 0.0157. The fraction of sp³-hybridized carbons (Fsp3) is 0.511. The molecular formula is C94H128N4O10. The second-order valence-electron chi connectivity index (χ2n) is 29.6. The monoisotopic (exact) mass is 1470 g/mol. The molecule has 0 saturated carbocycles. The first-order chi connectivity index (χ1) is 53.0. The fourth-order valence-electron chi connectivity index (χ4n) is 14.2.